The van der Waals surface area contributed by atoms with Gasteiger partial charge in [0.15, 0.2) is 0 Å². The van der Waals surface area contributed by atoms with Gasteiger partial charge in [-0.25, -0.2) is 0 Å². The Hall–Kier alpha value is -1.89. The minimum Gasteiger partial charge on any atom is -0.481 e. The number of hydrogen-bond acceptors (Lipinski definition) is 4. The topological polar surface area (TPSA) is 109 Å². The fraction of sp³-hybridized carbons (Fsp3) is 0.562. The number of hydrogen-bond donors (Lipinski definition) is 3. The van der Waals surface area contributed by atoms with Crippen LogP contribution < -0.4 is 11.1 Å². The quantitative estimate of drug-likeness (QED) is 0.709. The predicted molar refractivity (Wildman–Crippen MR) is 88.8 cm³/mol. The van der Waals surface area contributed by atoms with Crippen molar-refractivity contribution >= 4 is 34.1 Å². The molecular formula is C16H22N2O4S. The van der Waals surface area contributed by atoms with Crippen LogP contribution in [0.1, 0.15) is 59.8 Å². The van der Waals surface area contributed by atoms with Crippen LogP contribution >= 0.6 is 11.3 Å². The molecule has 0 spiro atoms. The van der Waals surface area contributed by atoms with Gasteiger partial charge in [-0.2, -0.15) is 0 Å². The molecule has 4 N–H and O–H groups in total. The van der Waals surface area contributed by atoms with Crippen molar-refractivity contribution < 1.29 is 19.5 Å². The van der Waals surface area contributed by atoms with Crippen molar-refractivity contribution in [1.82, 2.24) is 0 Å². The Bertz CT molecular complexity index is 624. The number of carbonyl (C=O) groups is 3. The van der Waals surface area contributed by atoms with Crippen LogP contribution in [0, 0.1) is 5.92 Å². The Morgan fingerprint density at radius 2 is 2.09 bits per heavy atom. The van der Waals surface area contributed by atoms with Crippen LogP contribution in [0.2, 0.25) is 0 Å². The number of nitrogens with two attached hydrogens (primary N) is 1. The molecule has 0 saturated heterocycles. The summed E-state index contributed by atoms with van der Waals surface area (Å²) < 4.78 is 0. The van der Waals surface area contributed by atoms with Crippen molar-refractivity contribution in [3.8, 4) is 0 Å². The average molecular weight is 338 g/mol. The highest BCUT2D eigenvalue weighted by molar-refractivity contribution is 7.17. The van der Waals surface area contributed by atoms with Crippen molar-refractivity contribution in [3.63, 3.8) is 0 Å². The number of thiophene rings is 1. The molecule has 0 fully saturated rings. The van der Waals surface area contributed by atoms with Crippen LogP contribution in [-0.2, 0) is 22.4 Å². The third-order valence-electron chi connectivity index (χ3n) is 4.24. The normalized spacial score (nSPS) is 16.7. The Labute approximate surface area is 139 Å². The number of amides is 2. The molecule has 1 aromatic heterocycles. The van der Waals surface area contributed by atoms with Crippen LogP contribution in [0.3, 0.4) is 0 Å². The van der Waals surface area contributed by atoms with Gasteiger partial charge >= 0.3 is 5.97 Å². The van der Waals surface area contributed by atoms with Gasteiger partial charge < -0.3 is 16.2 Å². The van der Waals surface area contributed by atoms with E-state index < -0.39 is 11.9 Å². The molecule has 0 aromatic carbocycles. The fourth-order valence-corrected chi connectivity index (χ4v) is 4.32. The Morgan fingerprint density at radius 3 is 2.70 bits per heavy atom. The summed E-state index contributed by atoms with van der Waals surface area (Å²) in [6.45, 7) is 2.16. The SMILES string of the molecule is CC[C@@H]1CCc2c(sc(NC(=O)CCCC(=O)O)c2C(N)=O)C1. The smallest absolute Gasteiger partial charge is 0.303 e. The number of primary amides is 1. The molecule has 1 atom stereocenters. The molecule has 0 unspecified atom stereocenters. The lowest BCUT2D eigenvalue weighted by molar-refractivity contribution is -0.137. The van der Waals surface area contributed by atoms with E-state index in [9.17, 15) is 14.4 Å². The van der Waals surface area contributed by atoms with E-state index in [1.54, 1.807) is 0 Å². The van der Waals surface area contributed by atoms with Gasteiger partial charge in [0.05, 0.1) is 5.56 Å². The number of anilines is 1. The van der Waals surface area contributed by atoms with E-state index in [1.807, 2.05) is 0 Å². The first-order valence-corrected chi connectivity index (χ1v) is 8.70. The summed E-state index contributed by atoms with van der Waals surface area (Å²) in [5.41, 5.74) is 6.92. The first kappa shape index (κ1) is 17.5. The zero-order valence-electron chi connectivity index (χ0n) is 13.2. The van der Waals surface area contributed by atoms with E-state index in [-0.39, 0.29) is 25.2 Å². The third kappa shape index (κ3) is 4.31. The Morgan fingerprint density at radius 1 is 1.35 bits per heavy atom. The second-order valence-corrected chi connectivity index (χ2v) is 6.99. The molecule has 0 radical (unpaired) electrons. The largest absolute Gasteiger partial charge is 0.481 e. The van der Waals surface area contributed by atoms with Crippen molar-refractivity contribution in [2.75, 3.05) is 5.32 Å². The van der Waals surface area contributed by atoms with E-state index in [1.165, 1.54) is 11.3 Å². The van der Waals surface area contributed by atoms with Gasteiger partial charge in [-0.15, -0.1) is 11.3 Å². The molecule has 0 bridgehead atoms. The van der Waals surface area contributed by atoms with Gasteiger partial charge in [0.2, 0.25) is 5.91 Å². The summed E-state index contributed by atoms with van der Waals surface area (Å²) in [5.74, 6) is -1.11. The summed E-state index contributed by atoms with van der Waals surface area (Å²) in [6.07, 6.45) is 4.21. The predicted octanol–water partition coefficient (Wildman–Crippen LogP) is 2.56. The van der Waals surface area contributed by atoms with Crippen LogP contribution in [0.25, 0.3) is 0 Å². The molecule has 1 aromatic rings. The van der Waals surface area contributed by atoms with Crippen molar-refractivity contribution in [3.05, 3.63) is 16.0 Å². The van der Waals surface area contributed by atoms with Crippen molar-refractivity contribution in [2.24, 2.45) is 11.7 Å². The fourth-order valence-electron chi connectivity index (χ4n) is 2.94. The number of carboxylic acid groups (broad SMARTS) is 1. The molecule has 0 saturated carbocycles. The maximum Gasteiger partial charge on any atom is 0.303 e. The monoisotopic (exact) mass is 338 g/mol. The van der Waals surface area contributed by atoms with Gasteiger partial charge in [0, 0.05) is 17.7 Å². The van der Waals surface area contributed by atoms with E-state index >= 15 is 0 Å². The van der Waals surface area contributed by atoms with Crippen LogP contribution in [0.5, 0.6) is 0 Å². The maximum atomic E-state index is 12.0. The van der Waals surface area contributed by atoms with E-state index in [4.69, 9.17) is 10.8 Å². The molecule has 7 heteroatoms. The number of nitrogens with one attached hydrogen (secondary N) is 1. The molecule has 1 heterocycles. The highest BCUT2D eigenvalue weighted by Crippen LogP contribution is 2.40. The molecule has 2 amide bonds. The van der Waals surface area contributed by atoms with Gasteiger partial charge in [0.25, 0.3) is 5.91 Å². The summed E-state index contributed by atoms with van der Waals surface area (Å²) in [6, 6.07) is 0. The summed E-state index contributed by atoms with van der Waals surface area (Å²) in [5, 5.41) is 11.9. The van der Waals surface area contributed by atoms with Gasteiger partial charge in [-0.05, 0) is 37.2 Å². The zero-order valence-corrected chi connectivity index (χ0v) is 14.0. The minimum absolute atomic E-state index is 0.0464. The summed E-state index contributed by atoms with van der Waals surface area (Å²) in [4.78, 5) is 35.4. The lowest BCUT2D eigenvalue weighted by Crippen LogP contribution is -2.19. The van der Waals surface area contributed by atoms with Crippen molar-refractivity contribution in [2.45, 2.75) is 51.9 Å². The number of fused-ring (bicyclic) bond motifs is 1. The van der Waals surface area contributed by atoms with Gasteiger partial charge in [0.1, 0.15) is 5.00 Å². The molecule has 23 heavy (non-hydrogen) atoms. The number of rotatable bonds is 7. The number of aliphatic carboxylic acids is 1. The highest BCUT2D eigenvalue weighted by Gasteiger charge is 2.27. The highest BCUT2D eigenvalue weighted by atomic mass is 32.1. The average Bonchev–Trinajstić information content (AvgIpc) is 2.83. The van der Waals surface area contributed by atoms with Crippen LogP contribution in [-0.4, -0.2) is 22.9 Å². The molecule has 2 rings (SSSR count). The minimum atomic E-state index is -0.923. The molecular weight excluding hydrogens is 316 g/mol. The van der Waals surface area contributed by atoms with Crippen LogP contribution in [0.4, 0.5) is 5.00 Å². The Balaban J connectivity index is 2.12. The molecule has 0 aliphatic heterocycles. The summed E-state index contributed by atoms with van der Waals surface area (Å²) >= 11 is 1.43. The van der Waals surface area contributed by atoms with Gasteiger partial charge in [-0.3, -0.25) is 14.4 Å². The number of carboxylic acids is 1. The standard InChI is InChI=1S/C16H22N2O4S/c1-2-9-6-7-10-11(8-9)23-16(14(10)15(17)22)18-12(19)4-3-5-13(20)21/h9H,2-8H2,1H3,(H2,17,22)(H,18,19)(H,20,21)/t9-/m1/s1. The zero-order chi connectivity index (χ0) is 17.0. The number of carbonyl (C=O) groups excluding carboxylic acids is 2. The Kier molecular flexibility index (Phi) is 5.76. The first-order valence-electron chi connectivity index (χ1n) is 7.88. The summed E-state index contributed by atoms with van der Waals surface area (Å²) in [7, 11) is 0. The van der Waals surface area contributed by atoms with Gasteiger partial charge in [-0.1, -0.05) is 13.3 Å². The third-order valence-corrected chi connectivity index (χ3v) is 5.41. The first-order chi connectivity index (χ1) is 10.9. The molecule has 1 aliphatic rings. The second-order valence-electron chi connectivity index (χ2n) is 5.88. The molecule has 126 valence electrons. The van der Waals surface area contributed by atoms with E-state index in [2.05, 4.69) is 12.2 Å². The lowest BCUT2D eigenvalue weighted by Gasteiger charge is -2.20. The molecule has 6 nitrogen and oxygen atoms in total. The van der Waals surface area contributed by atoms with Crippen LogP contribution in [0.15, 0.2) is 0 Å². The van der Waals surface area contributed by atoms with E-state index in [0.29, 0.717) is 16.5 Å². The molecule has 1 aliphatic carbocycles. The second kappa shape index (κ2) is 7.59. The maximum absolute atomic E-state index is 12.0. The van der Waals surface area contributed by atoms with E-state index in [0.717, 1.165) is 36.1 Å². The van der Waals surface area contributed by atoms with Crippen molar-refractivity contribution in [1.29, 1.82) is 0 Å². The lowest BCUT2D eigenvalue weighted by atomic mass is 9.85.